The first kappa shape index (κ1) is 22.7. The molecule has 5 nitrogen and oxygen atoms in total. The molecule has 156 valence electrons. The molecule has 0 aliphatic carbocycles. The van der Waals surface area contributed by atoms with Crippen molar-refractivity contribution in [3.63, 3.8) is 0 Å². The second-order valence-electron chi connectivity index (χ2n) is 6.62. The summed E-state index contributed by atoms with van der Waals surface area (Å²) in [5.74, 6) is -0.0448. The molecule has 1 atom stereocenters. The predicted molar refractivity (Wildman–Crippen MR) is 111 cm³/mol. The first-order chi connectivity index (χ1) is 13.9. The van der Waals surface area contributed by atoms with E-state index in [-0.39, 0.29) is 30.6 Å². The van der Waals surface area contributed by atoms with Gasteiger partial charge in [-0.05, 0) is 62.2 Å². The van der Waals surface area contributed by atoms with Crippen LogP contribution in [0, 0.1) is 5.82 Å². The fraction of sp³-hybridized carbons (Fsp3) is 0.364. The molecule has 0 spiro atoms. The third-order valence-electron chi connectivity index (χ3n) is 4.40. The van der Waals surface area contributed by atoms with Gasteiger partial charge in [0.1, 0.15) is 17.6 Å². The standard InChI is InChI=1S/C22H26ClFN2O3/c1-3-25-22(28)16(2)26(15-17-6-10-19(24)11-7-17)21(27)5-4-14-29-20-12-8-18(23)9-13-20/h6-13,16H,3-5,14-15H2,1-2H3,(H,25,28)/t16-/m1/s1. The largest absolute Gasteiger partial charge is 0.494 e. The fourth-order valence-electron chi connectivity index (χ4n) is 2.78. The van der Waals surface area contributed by atoms with Gasteiger partial charge in [0.2, 0.25) is 11.8 Å². The minimum Gasteiger partial charge on any atom is -0.494 e. The molecule has 0 aliphatic heterocycles. The molecule has 0 radical (unpaired) electrons. The van der Waals surface area contributed by atoms with Gasteiger partial charge < -0.3 is 15.0 Å². The van der Waals surface area contributed by atoms with Crippen molar-refractivity contribution in [3.05, 3.63) is 64.9 Å². The smallest absolute Gasteiger partial charge is 0.242 e. The highest BCUT2D eigenvalue weighted by Crippen LogP contribution is 2.16. The zero-order chi connectivity index (χ0) is 21.2. The normalized spacial score (nSPS) is 11.6. The summed E-state index contributed by atoms with van der Waals surface area (Å²) in [4.78, 5) is 26.6. The van der Waals surface area contributed by atoms with E-state index in [1.165, 1.54) is 17.0 Å². The molecule has 2 aromatic carbocycles. The van der Waals surface area contributed by atoms with E-state index in [0.29, 0.717) is 30.3 Å². The van der Waals surface area contributed by atoms with Crippen LogP contribution in [-0.2, 0) is 16.1 Å². The van der Waals surface area contributed by atoms with Gasteiger partial charge in [-0.15, -0.1) is 0 Å². The highest BCUT2D eigenvalue weighted by Gasteiger charge is 2.25. The van der Waals surface area contributed by atoms with Gasteiger partial charge in [-0.1, -0.05) is 23.7 Å². The molecule has 29 heavy (non-hydrogen) atoms. The molecule has 0 saturated carbocycles. The van der Waals surface area contributed by atoms with Gasteiger partial charge in [-0.3, -0.25) is 9.59 Å². The van der Waals surface area contributed by atoms with Crippen molar-refractivity contribution in [1.29, 1.82) is 0 Å². The number of carbonyl (C=O) groups excluding carboxylic acids is 2. The van der Waals surface area contributed by atoms with Crippen molar-refractivity contribution in [3.8, 4) is 5.75 Å². The Morgan fingerprint density at radius 1 is 1.14 bits per heavy atom. The summed E-state index contributed by atoms with van der Waals surface area (Å²) in [7, 11) is 0. The van der Waals surface area contributed by atoms with Crippen molar-refractivity contribution in [2.45, 2.75) is 39.3 Å². The third kappa shape index (κ3) is 7.38. The molecular formula is C22H26ClFN2O3. The van der Waals surface area contributed by atoms with Gasteiger partial charge in [0.15, 0.2) is 0 Å². The van der Waals surface area contributed by atoms with Crippen molar-refractivity contribution in [2.75, 3.05) is 13.2 Å². The van der Waals surface area contributed by atoms with Crippen LogP contribution in [0.15, 0.2) is 48.5 Å². The Morgan fingerprint density at radius 3 is 2.41 bits per heavy atom. The molecule has 7 heteroatoms. The van der Waals surface area contributed by atoms with Gasteiger partial charge in [0.25, 0.3) is 0 Å². The van der Waals surface area contributed by atoms with Crippen LogP contribution in [0.1, 0.15) is 32.3 Å². The minimum absolute atomic E-state index is 0.159. The molecule has 0 aliphatic rings. The SMILES string of the molecule is CCNC(=O)[C@@H](C)N(Cc1ccc(F)cc1)C(=O)CCCOc1ccc(Cl)cc1. The number of hydrogen-bond donors (Lipinski definition) is 1. The molecule has 0 saturated heterocycles. The van der Waals surface area contributed by atoms with E-state index in [0.717, 1.165) is 5.56 Å². The number of carbonyl (C=O) groups is 2. The van der Waals surface area contributed by atoms with Gasteiger partial charge in [0.05, 0.1) is 6.61 Å². The number of amides is 2. The number of nitrogens with zero attached hydrogens (tertiary/aromatic N) is 1. The van der Waals surface area contributed by atoms with E-state index >= 15 is 0 Å². The number of benzene rings is 2. The van der Waals surface area contributed by atoms with E-state index in [2.05, 4.69) is 5.32 Å². The number of ether oxygens (including phenoxy) is 1. The molecular weight excluding hydrogens is 395 g/mol. The van der Waals surface area contributed by atoms with Crippen molar-refractivity contribution in [1.82, 2.24) is 10.2 Å². The highest BCUT2D eigenvalue weighted by molar-refractivity contribution is 6.30. The first-order valence-electron chi connectivity index (χ1n) is 9.60. The van der Waals surface area contributed by atoms with Crippen LogP contribution in [0.5, 0.6) is 5.75 Å². The third-order valence-corrected chi connectivity index (χ3v) is 4.65. The lowest BCUT2D eigenvalue weighted by Crippen LogP contribution is -2.47. The quantitative estimate of drug-likeness (QED) is 0.586. The number of likely N-dealkylation sites (N-methyl/N-ethyl adjacent to an activating group) is 1. The Bertz CT molecular complexity index is 797. The van der Waals surface area contributed by atoms with E-state index in [9.17, 15) is 14.0 Å². The molecule has 2 rings (SSSR count). The average Bonchev–Trinajstić information content (AvgIpc) is 2.71. The maximum absolute atomic E-state index is 13.2. The molecule has 2 aromatic rings. The summed E-state index contributed by atoms with van der Waals surface area (Å²) in [5, 5.41) is 3.37. The number of hydrogen-bond acceptors (Lipinski definition) is 3. The zero-order valence-corrected chi connectivity index (χ0v) is 17.4. The van der Waals surface area contributed by atoms with Crippen LogP contribution >= 0.6 is 11.6 Å². The summed E-state index contributed by atoms with van der Waals surface area (Å²) < 4.78 is 18.8. The molecule has 1 N–H and O–H groups in total. The van der Waals surface area contributed by atoms with Crippen molar-refractivity contribution in [2.24, 2.45) is 0 Å². The summed E-state index contributed by atoms with van der Waals surface area (Å²) in [6.07, 6.45) is 0.738. The second kappa shape index (κ2) is 11.4. The van der Waals surface area contributed by atoms with Gasteiger partial charge in [0, 0.05) is 24.5 Å². The molecule has 0 heterocycles. The van der Waals surface area contributed by atoms with E-state index in [1.807, 2.05) is 6.92 Å². The second-order valence-corrected chi connectivity index (χ2v) is 7.06. The van der Waals surface area contributed by atoms with E-state index in [4.69, 9.17) is 16.3 Å². The molecule has 0 fully saturated rings. The van der Waals surface area contributed by atoms with Crippen LogP contribution in [0.25, 0.3) is 0 Å². The number of nitrogens with one attached hydrogen (secondary N) is 1. The fourth-order valence-corrected chi connectivity index (χ4v) is 2.90. The summed E-state index contributed by atoms with van der Waals surface area (Å²) in [5.41, 5.74) is 0.758. The minimum atomic E-state index is -0.635. The Labute approximate surface area is 175 Å². The number of halogens is 2. The van der Waals surface area contributed by atoms with Gasteiger partial charge in [-0.25, -0.2) is 4.39 Å². The zero-order valence-electron chi connectivity index (χ0n) is 16.7. The lowest BCUT2D eigenvalue weighted by molar-refractivity contribution is -0.140. The van der Waals surface area contributed by atoms with E-state index in [1.54, 1.807) is 43.3 Å². The Kier molecular flexibility index (Phi) is 8.93. The average molecular weight is 421 g/mol. The summed E-state index contributed by atoms with van der Waals surface area (Å²) >= 11 is 5.84. The van der Waals surface area contributed by atoms with E-state index < -0.39 is 6.04 Å². The Balaban J connectivity index is 1.96. The molecule has 0 bridgehead atoms. The van der Waals surface area contributed by atoms with Crippen molar-refractivity contribution < 1.29 is 18.7 Å². The lowest BCUT2D eigenvalue weighted by atomic mass is 10.1. The molecule has 0 unspecified atom stereocenters. The molecule has 2 amide bonds. The van der Waals surface area contributed by atoms with Crippen LogP contribution < -0.4 is 10.1 Å². The monoisotopic (exact) mass is 420 g/mol. The predicted octanol–water partition coefficient (Wildman–Crippen LogP) is 4.19. The number of rotatable bonds is 10. The topological polar surface area (TPSA) is 58.6 Å². The van der Waals surface area contributed by atoms with Crippen LogP contribution in [-0.4, -0.2) is 35.9 Å². The highest BCUT2D eigenvalue weighted by atomic mass is 35.5. The van der Waals surface area contributed by atoms with Gasteiger partial charge >= 0.3 is 0 Å². The van der Waals surface area contributed by atoms with Crippen LogP contribution in [0.4, 0.5) is 4.39 Å². The Morgan fingerprint density at radius 2 is 1.79 bits per heavy atom. The van der Waals surface area contributed by atoms with Crippen LogP contribution in [0.3, 0.4) is 0 Å². The van der Waals surface area contributed by atoms with Crippen molar-refractivity contribution >= 4 is 23.4 Å². The lowest BCUT2D eigenvalue weighted by Gasteiger charge is -2.28. The van der Waals surface area contributed by atoms with Gasteiger partial charge in [-0.2, -0.15) is 0 Å². The maximum atomic E-state index is 13.2. The molecule has 0 aromatic heterocycles. The summed E-state index contributed by atoms with van der Waals surface area (Å²) in [6, 6.07) is 12.3. The van der Waals surface area contributed by atoms with Crippen LogP contribution in [0.2, 0.25) is 5.02 Å². The Hall–Kier alpha value is -2.60. The summed E-state index contributed by atoms with van der Waals surface area (Å²) in [6.45, 7) is 4.60. The first-order valence-corrected chi connectivity index (χ1v) is 9.98. The maximum Gasteiger partial charge on any atom is 0.242 e.